The lowest BCUT2D eigenvalue weighted by Crippen LogP contribution is -2.43. The number of esters is 1. The number of ether oxygens (including phenoxy) is 1. The number of hydrogen-bond acceptors (Lipinski definition) is 6. The predicted octanol–water partition coefficient (Wildman–Crippen LogP) is 1.73. The van der Waals surface area contributed by atoms with E-state index in [2.05, 4.69) is 18.3 Å². The largest absolute Gasteiger partial charge is 0.480 e. The monoisotopic (exact) mass is 444 g/mol. The van der Waals surface area contributed by atoms with Gasteiger partial charge in [-0.3, -0.25) is 9.59 Å². The maximum atomic E-state index is 12.1. The van der Waals surface area contributed by atoms with E-state index in [0.717, 1.165) is 38.5 Å². The number of fused-ring (bicyclic) bond motifs is 5. The van der Waals surface area contributed by atoms with E-state index in [1.165, 1.54) is 11.1 Å². The molecule has 0 bridgehead atoms. The van der Waals surface area contributed by atoms with Crippen molar-refractivity contribution >= 4 is 17.8 Å². The first-order valence-electron chi connectivity index (χ1n) is 11.5. The molecule has 3 aliphatic carbocycles. The molecule has 0 aromatic heterocycles. The first-order valence-corrected chi connectivity index (χ1v) is 11.5. The van der Waals surface area contributed by atoms with E-state index < -0.39 is 30.3 Å². The molecule has 4 unspecified atom stereocenters. The number of aliphatic hydroxyl groups excluding tert-OH is 1. The van der Waals surface area contributed by atoms with Gasteiger partial charge in [0.1, 0.15) is 18.3 Å². The number of aryl methyl sites for hydroxylation is 1. The zero-order valence-electron chi connectivity index (χ0n) is 18.4. The van der Waals surface area contributed by atoms with E-state index in [1.54, 1.807) is 6.07 Å². The number of carboxylic acids is 1. The van der Waals surface area contributed by atoms with Gasteiger partial charge in [0.15, 0.2) is 0 Å². The average Bonchev–Trinajstić information content (AvgIpc) is 3.06. The number of rotatable bonds is 6. The van der Waals surface area contributed by atoms with Gasteiger partial charge < -0.3 is 26.0 Å². The second-order valence-electron chi connectivity index (χ2n) is 9.81. The molecule has 0 saturated heterocycles. The maximum Gasteiger partial charge on any atom is 0.330 e. The highest BCUT2D eigenvalue weighted by molar-refractivity contribution is 5.86. The molecule has 32 heavy (non-hydrogen) atoms. The molecule has 0 radical (unpaired) electrons. The number of carbonyl (C=O) groups excluding carboxylic acids is 2. The van der Waals surface area contributed by atoms with Crippen LogP contribution in [0.15, 0.2) is 18.2 Å². The molecule has 6 atom stereocenters. The SMILES string of the molecule is C[C@]12CCC3c4ccc(OC(=O)CNC(=O)CC(N)C(=O)O)cc4CCC3C1CC[C@@H]2O. The van der Waals surface area contributed by atoms with Gasteiger partial charge in [-0.15, -0.1) is 0 Å². The van der Waals surface area contributed by atoms with Crippen LogP contribution < -0.4 is 15.8 Å². The summed E-state index contributed by atoms with van der Waals surface area (Å²) in [4.78, 5) is 34.5. The fourth-order valence-electron chi connectivity index (χ4n) is 6.29. The summed E-state index contributed by atoms with van der Waals surface area (Å²) in [6.07, 6.45) is 5.55. The molecule has 2 saturated carbocycles. The van der Waals surface area contributed by atoms with Gasteiger partial charge in [-0.2, -0.15) is 0 Å². The normalized spacial score (nSPS) is 31.6. The van der Waals surface area contributed by atoms with Crippen LogP contribution in [-0.4, -0.2) is 46.7 Å². The Morgan fingerprint density at radius 3 is 2.78 bits per heavy atom. The van der Waals surface area contributed by atoms with E-state index in [0.29, 0.717) is 23.5 Å². The van der Waals surface area contributed by atoms with Gasteiger partial charge in [0.2, 0.25) is 5.91 Å². The van der Waals surface area contributed by atoms with Gasteiger partial charge in [-0.25, -0.2) is 4.79 Å². The van der Waals surface area contributed by atoms with Gasteiger partial charge in [0.05, 0.1) is 12.5 Å². The molecule has 174 valence electrons. The van der Waals surface area contributed by atoms with Crippen LogP contribution in [0.1, 0.15) is 62.5 Å². The quantitative estimate of drug-likeness (QED) is 0.387. The molecule has 3 aliphatic rings. The third-order valence-corrected chi connectivity index (χ3v) is 8.03. The van der Waals surface area contributed by atoms with Gasteiger partial charge >= 0.3 is 11.9 Å². The summed E-state index contributed by atoms with van der Waals surface area (Å²) >= 11 is 0. The lowest BCUT2D eigenvalue weighted by molar-refractivity contribution is -0.140. The molecule has 1 amide bonds. The van der Waals surface area contributed by atoms with Crippen LogP contribution in [0.3, 0.4) is 0 Å². The third-order valence-electron chi connectivity index (χ3n) is 8.03. The van der Waals surface area contributed by atoms with Crippen LogP contribution >= 0.6 is 0 Å². The maximum absolute atomic E-state index is 12.1. The summed E-state index contributed by atoms with van der Waals surface area (Å²) in [7, 11) is 0. The number of benzene rings is 1. The molecule has 8 heteroatoms. The molecule has 5 N–H and O–H groups in total. The number of nitrogens with two attached hydrogens (primary N) is 1. The van der Waals surface area contributed by atoms with Crippen molar-refractivity contribution in [3.05, 3.63) is 29.3 Å². The topological polar surface area (TPSA) is 139 Å². The molecule has 1 aromatic carbocycles. The highest BCUT2D eigenvalue weighted by Crippen LogP contribution is 2.60. The van der Waals surface area contributed by atoms with Crippen LogP contribution in [0.4, 0.5) is 0 Å². The Bertz CT molecular complexity index is 918. The lowest BCUT2D eigenvalue weighted by Gasteiger charge is -2.50. The Morgan fingerprint density at radius 2 is 2.03 bits per heavy atom. The van der Waals surface area contributed by atoms with E-state index in [4.69, 9.17) is 15.6 Å². The molecule has 0 aliphatic heterocycles. The summed E-state index contributed by atoms with van der Waals surface area (Å²) in [5.41, 5.74) is 7.90. The standard InChI is InChI=1S/C24H32N2O6/c1-24-9-8-16-15-5-3-14(32-22(29)12-26-21(28)11-19(25)23(30)31)10-13(15)2-4-17(16)18(24)6-7-20(24)27/h3,5,10,16-20,27H,2,4,6-9,11-12,25H2,1H3,(H,26,28)(H,30,31)/t16?,17?,18?,19?,20-,24-/m0/s1. The van der Waals surface area contributed by atoms with Crippen molar-refractivity contribution in [3.63, 3.8) is 0 Å². The minimum Gasteiger partial charge on any atom is -0.480 e. The van der Waals surface area contributed by atoms with Gasteiger partial charge in [0, 0.05) is 0 Å². The highest BCUT2D eigenvalue weighted by Gasteiger charge is 2.54. The van der Waals surface area contributed by atoms with Crippen molar-refractivity contribution < 1.29 is 29.3 Å². The van der Waals surface area contributed by atoms with Crippen LogP contribution in [-0.2, 0) is 20.8 Å². The van der Waals surface area contributed by atoms with E-state index in [9.17, 15) is 19.5 Å². The molecule has 2 fully saturated rings. The van der Waals surface area contributed by atoms with E-state index >= 15 is 0 Å². The molecular formula is C24H32N2O6. The Kier molecular flexibility index (Phi) is 6.27. The third kappa shape index (κ3) is 4.26. The van der Waals surface area contributed by atoms with Crippen molar-refractivity contribution in [2.24, 2.45) is 23.0 Å². The Hall–Kier alpha value is -2.45. The first kappa shape index (κ1) is 22.7. The Balaban J connectivity index is 1.36. The second kappa shape index (κ2) is 8.83. The van der Waals surface area contributed by atoms with E-state index in [1.807, 2.05) is 6.07 Å². The summed E-state index contributed by atoms with van der Waals surface area (Å²) < 4.78 is 5.38. The Morgan fingerprint density at radius 1 is 1.25 bits per heavy atom. The van der Waals surface area contributed by atoms with Crippen molar-refractivity contribution in [3.8, 4) is 5.75 Å². The van der Waals surface area contributed by atoms with Gasteiger partial charge in [0.25, 0.3) is 0 Å². The van der Waals surface area contributed by atoms with Crippen LogP contribution in [0, 0.1) is 17.3 Å². The predicted molar refractivity (Wildman–Crippen MR) is 116 cm³/mol. The smallest absolute Gasteiger partial charge is 0.330 e. The number of carbonyl (C=O) groups is 3. The van der Waals surface area contributed by atoms with E-state index in [-0.39, 0.29) is 18.1 Å². The number of aliphatic carboxylic acids is 1. The molecular weight excluding hydrogens is 412 g/mol. The summed E-state index contributed by atoms with van der Waals surface area (Å²) in [6, 6.07) is 4.48. The number of hydrogen-bond donors (Lipinski definition) is 4. The van der Waals surface area contributed by atoms with Crippen LogP contribution in [0.2, 0.25) is 0 Å². The van der Waals surface area contributed by atoms with Gasteiger partial charge in [-0.1, -0.05) is 13.0 Å². The van der Waals surface area contributed by atoms with Gasteiger partial charge in [-0.05, 0) is 85.0 Å². The molecule has 0 heterocycles. The number of aliphatic hydroxyl groups is 1. The zero-order chi connectivity index (χ0) is 23.0. The summed E-state index contributed by atoms with van der Waals surface area (Å²) in [5.74, 6) is -0.408. The summed E-state index contributed by atoms with van der Waals surface area (Å²) in [5, 5.41) is 21.6. The number of amides is 1. The summed E-state index contributed by atoms with van der Waals surface area (Å²) in [6.45, 7) is 1.91. The second-order valence-corrected chi connectivity index (χ2v) is 9.81. The van der Waals surface area contributed by atoms with Crippen molar-refractivity contribution in [2.75, 3.05) is 6.54 Å². The molecule has 8 nitrogen and oxygen atoms in total. The minimum atomic E-state index is -1.30. The zero-order valence-corrected chi connectivity index (χ0v) is 18.4. The van der Waals surface area contributed by atoms with Crippen molar-refractivity contribution in [1.82, 2.24) is 5.32 Å². The lowest BCUT2D eigenvalue weighted by atomic mass is 9.55. The first-order chi connectivity index (χ1) is 15.2. The van der Waals surface area contributed by atoms with Crippen LogP contribution in [0.5, 0.6) is 5.75 Å². The van der Waals surface area contributed by atoms with Crippen molar-refractivity contribution in [2.45, 2.75) is 69.9 Å². The van der Waals surface area contributed by atoms with Crippen LogP contribution in [0.25, 0.3) is 0 Å². The Labute approximate surface area is 187 Å². The number of carboxylic acid groups (broad SMARTS) is 1. The minimum absolute atomic E-state index is 0.0486. The molecule has 4 rings (SSSR count). The fraction of sp³-hybridized carbons (Fsp3) is 0.625. The molecule has 0 spiro atoms. The van der Waals surface area contributed by atoms with Crippen molar-refractivity contribution in [1.29, 1.82) is 0 Å². The highest BCUT2D eigenvalue weighted by atomic mass is 16.5. The fourth-order valence-corrected chi connectivity index (χ4v) is 6.29. The average molecular weight is 445 g/mol. The number of nitrogens with one attached hydrogen (secondary N) is 1. The molecule has 1 aromatic rings.